The van der Waals surface area contributed by atoms with Crippen molar-refractivity contribution in [3.05, 3.63) is 53.6 Å². The van der Waals surface area contributed by atoms with E-state index in [-0.39, 0.29) is 18.2 Å². The highest BCUT2D eigenvalue weighted by Crippen LogP contribution is 2.34. The molecule has 3 aromatic rings. The van der Waals surface area contributed by atoms with Crippen molar-refractivity contribution in [1.82, 2.24) is 15.0 Å². The number of fused-ring (bicyclic) bond motifs is 1. The molecule has 31 heavy (non-hydrogen) atoms. The van der Waals surface area contributed by atoms with Crippen molar-refractivity contribution in [3.8, 4) is 28.6 Å². The van der Waals surface area contributed by atoms with Crippen molar-refractivity contribution < 1.29 is 27.8 Å². The van der Waals surface area contributed by atoms with E-state index in [0.717, 1.165) is 11.8 Å². The summed E-state index contributed by atoms with van der Waals surface area (Å²) in [5.41, 5.74) is 3.42. The number of carbonyl (C=O) groups excluding carboxylic acids is 1. The fraction of sp³-hybridized carbons (Fsp3) is 0.238. The summed E-state index contributed by atoms with van der Waals surface area (Å²) in [4.78, 5) is 27.2. The highest BCUT2D eigenvalue weighted by atomic mass is 19.3. The fourth-order valence-electron chi connectivity index (χ4n) is 3.45. The van der Waals surface area contributed by atoms with E-state index in [2.05, 4.69) is 19.7 Å². The lowest BCUT2D eigenvalue weighted by Crippen LogP contribution is -2.23. The molecule has 0 fully saturated rings. The average Bonchev–Trinajstić information content (AvgIpc) is 3.09. The Hall–Kier alpha value is -3.82. The van der Waals surface area contributed by atoms with E-state index in [4.69, 9.17) is 9.47 Å². The monoisotopic (exact) mass is 428 g/mol. The summed E-state index contributed by atoms with van der Waals surface area (Å²) in [6, 6.07) is 4.89. The van der Waals surface area contributed by atoms with Crippen LogP contribution >= 0.6 is 0 Å². The van der Waals surface area contributed by atoms with Gasteiger partial charge in [0.15, 0.2) is 5.75 Å². The van der Waals surface area contributed by atoms with E-state index in [0.29, 0.717) is 39.8 Å². The van der Waals surface area contributed by atoms with Crippen molar-refractivity contribution in [2.24, 2.45) is 0 Å². The first kappa shape index (κ1) is 20.5. The molecule has 160 valence electrons. The summed E-state index contributed by atoms with van der Waals surface area (Å²) < 4.78 is 39.9. The van der Waals surface area contributed by atoms with Gasteiger partial charge in [0.1, 0.15) is 5.75 Å². The van der Waals surface area contributed by atoms with Gasteiger partial charge in [-0.05, 0) is 24.6 Å². The maximum absolute atomic E-state index is 13.0. The molecule has 8 nitrogen and oxygen atoms in total. The molecule has 0 unspecified atom stereocenters. The number of halogens is 2. The number of hydrogen-bond donors (Lipinski definition) is 0. The predicted molar refractivity (Wildman–Crippen MR) is 107 cm³/mol. The minimum Gasteiger partial charge on any atom is -0.491 e. The lowest BCUT2D eigenvalue weighted by molar-refractivity contribution is -0.0500. The van der Waals surface area contributed by atoms with E-state index >= 15 is 0 Å². The molecule has 1 aliphatic rings. The van der Waals surface area contributed by atoms with Crippen LogP contribution in [0.5, 0.6) is 17.4 Å². The molecule has 0 radical (unpaired) electrons. The van der Waals surface area contributed by atoms with Crippen LogP contribution in [-0.2, 0) is 6.54 Å². The molecule has 10 heteroatoms. The molecule has 0 aromatic carbocycles. The Morgan fingerprint density at radius 3 is 2.61 bits per heavy atom. The second kappa shape index (κ2) is 8.13. The van der Waals surface area contributed by atoms with Crippen LogP contribution in [-0.4, -0.2) is 41.7 Å². The van der Waals surface area contributed by atoms with Gasteiger partial charge in [-0.1, -0.05) is 0 Å². The smallest absolute Gasteiger partial charge is 0.387 e. The molecule has 0 N–H and O–H groups in total. The van der Waals surface area contributed by atoms with Crippen LogP contribution in [0.4, 0.5) is 14.5 Å². The number of nitrogens with zero attached hydrogens (tertiary/aromatic N) is 4. The van der Waals surface area contributed by atoms with Crippen LogP contribution in [0.2, 0.25) is 0 Å². The molecule has 4 rings (SSSR count). The van der Waals surface area contributed by atoms with Crippen LogP contribution in [0.3, 0.4) is 0 Å². The Bertz CT molecular complexity index is 1160. The number of ether oxygens (including phenoxy) is 3. The minimum absolute atomic E-state index is 0.127. The van der Waals surface area contributed by atoms with Gasteiger partial charge in [0.25, 0.3) is 11.8 Å². The highest BCUT2D eigenvalue weighted by Gasteiger charge is 2.32. The minimum atomic E-state index is -2.98. The third kappa shape index (κ3) is 3.83. The number of anilines is 1. The summed E-state index contributed by atoms with van der Waals surface area (Å²) in [7, 11) is 3.01. The SMILES string of the molecule is COc1cc(-c2cc(C)c3c(n2)CN(c2cncc(OC(F)F)c2)C3=O)cnc1OC. The first-order valence-electron chi connectivity index (χ1n) is 9.22. The molecule has 0 spiro atoms. The van der Waals surface area contributed by atoms with E-state index in [1.54, 1.807) is 18.3 Å². The lowest BCUT2D eigenvalue weighted by atomic mass is 10.0. The van der Waals surface area contributed by atoms with E-state index < -0.39 is 6.61 Å². The number of alkyl halides is 2. The number of aryl methyl sites for hydroxylation is 1. The number of methoxy groups -OCH3 is 2. The number of carbonyl (C=O) groups is 1. The van der Waals surface area contributed by atoms with Gasteiger partial charge in [0, 0.05) is 17.8 Å². The maximum Gasteiger partial charge on any atom is 0.387 e. The van der Waals surface area contributed by atoms with Gasteiger partial charge < -0.3 is 19.1 Å². The number of hydrogen-bond acceptors (Lipinski definition) is 7. The third-order valence-electron chi connectivity index (χ3n) is 4.82. The van der Waals surface area contributed by atoms with Crippen molar-refractivity contribution in [2.45, 2.75) is 20.1 Å². The summed E-state index contributed by atoms with van der Waals surface area (Å²) in [6.07, 6.45) is 4.19. The first-order valence-corrected chi connectivity index (χ1v) is 9.22. The normalized spacial score (nSPS) is 12.8. The van der Waals surface area contributed by atoms with Gasteiger partial charge in [-0.15, -0.1) is 0 Å². The average molecular weight is 428 g/mol. The number of amides is 1. The van der Waals surface area contributed by atoms with E-state index in [9.17, 15) is 13.6 Å². The Kier molecular flexibility index (Phi) is 5.37. The molecular weight excluding hydrogens is 410 g/mol. The predicted octanol–water partition coefficient (Wildman–Crippen LogP) is 3.63. The Morgan fingerprint density at radius 1 is 1.10 bits per heavy atom. The maximum atomic E-state index is 13.0. The molecule has 0 bridgehead atoms. The molecule has 0 atom stereocenters. The van der Waals surface area contributed by atoms with Gasteiger partial charge in [-0.25, -0.2) is 4.98 Å². The quantitative estimate of drug-likeness (QED) is 0.593. The number of pyridine rings is 3. The van der Waals surface area contributed by atoms with Crippen LogP contribution < -0.4 is 19.1 Å². The first-order chi connectivity index (χ1) is 14.9. The third-order valence-corrected chi connectivity index (χ3v) is 4.82. The zero-order valence-electron chi connectivity index (χ0n) is 16.9. The van der Waals surface area contributed by atoms with Gasteiger partial charge in [-0.2, -0.15) is 8.78 Å². The fourth-order valence-corrected chi connectivity index (χ4v) is 3.45. The molecule has 4 heterocycles. The van der Waals surface area contributed by atoms with E-state index in [1.165, 1.54) is 31.4 Å². The Morgan fingerprint density at radius 2 is 1.90 bits per heavy atom. The standard InChI is InChI=1S/C21H18F2N4O4/c1-11-4-15(12-5-17(29-2)19(30-3)25-7-12)26-16-10-27(20(28)18(11)16)13-6-14(9-24-8-13)31-21(22)23/h4-9,21H,10H2,1-3H3. The molecule has 0 aliphatic carbocycles. The topological polar surface area (TPSA) is 86.7 Å². The summed E-state index contributed by atoms with van der Waals surface area (Å²) in [5, 5.41) is 0. The lowest BCUT2D eigenvalue weighted by Gasteiger charge is -2.16. The van der Waals surface area contributed by atoms with Crippen molar-refractivity contribution >= 4 is 11.6 Å². The largest absolute Gasteiger partial charge is 0.491 e. The molecular formula is C21H18F2N4O4. The summed E-state index contributed by atoms with van der Waals surface area (Å²) >= 11 is 0. The summed E-state index contributed by atoms with van der Waals surface area (Å²) in [6.45, 7) is -0.998. The molecule has 3 aromatic heterocycles. The van der Waals surface area contributed by atoms with Gasteiger partial charge in [0.2, 0.25) is 0 Å². The zero-order chi connectivity index (χ0) is 22.1. The second-order valence-corrected chi connectivity index (χ2v) is 6.73. The summed E-state index contributed by atoms with van der Waals surface area (Å²) in [5.74, 6) is 0.398. The van der Waals surface area contributed by atoms with Gasteiger partial charge in [-0.3, -0.25) is 14.8 Å². The number of aromatic nitrogens is 3. The van der Waals surface area contributed by atoms with Crippen molar-refractivity contribution in [2.75, 3.05) is 19.1 Å². The molecule has 0 saturated heterocycles. The Labute approximate surface area is 176 Å². The van der Waals surface area contributed by atoms with Crippen molar-refractivity contribution in [3.63, 3.8) is 0 Å². The zero-order valence-corrected chi connectivity index (χ0v) is 16.9. The van der Waals surface area contributed by atoms with Crippen molar-refractivity contribution in [1.29, 1.82) is 0 Å². The highest BCUT2D eigenvalue weighted by molar-refractivity contribution is 6.10. The van der Waals surface area contributed by atoms with E-state index in [1.807, 2.05) is 6.92 Å². The van der Waals surface area contributed by atoms with Crippen LogP contribution in [0.1, 0.15) is 21.6 Å². The second-order valence-electron chi connectivity index (χ2n) is 6.73. The molecule has 1 amide bonds. The van der Waals surface area contributed by atoms with Gasteiger partial charge in [0.05, 0.1) is 55.8 Å². The molecule has 0 saturated carbocycles. The number of rotatable bonds is 6. The molecule has 1 aliphatic heterocycles. The van der Waals surface area contributed by atoms with Crippen LogP contribution in [0, 0.1) is 6.92 Å². The van der Waals surface area contributed by atoms with Gasteiger partial charge >= 0.3 is 6.61 Å². The van der Waals surface area contributed by atoms with Crippen LogP contribution in [0.15, 0.2) is 36.8 Å². The van der Waals surface area contributed by atoms with Crippen LogP contribution in [0.25, 0.3) is 11.3 Å². The Balaban J connectivity index is 1.69.